The third-order valence-corrected chi connectivity index (χ3v) is 5.66. The second kappa shape index (κ2) is 7.59. The fourth-order valence-electron chi connectivity index (χ4n) is 4.41. The highest BCUT2D eigenvalue weighted by atomic mass is 19.4. The number of allylic oxidation sites excluding steroid dienone is 1. The zero-order valence-electron chi connectivity index (χ0n) is 17.1. The summed E-state index contributed by atoms with van der Waals surface area (Å²) < 4.78 is 39.1. The van der Waals surface area contributed by atoms with Crippen molar-refractivity contribution in [2.45, 2.75) is 51.7 Å². The first-order valence-electron chi connectivity index (χ1n) is 9.78. The van der Waals surface area contributed by atoms with E-state index in [1.807, 2.05) is 6.07 Å². The third kappa shape index (κ3) is 4.17. The van der Waals surface area contributed by atoms with E-state index in [-0.39, 0.29) is 16.7 Å². The van der Waals surface area contributed by atoms with Crippen LogP contribution in [0.15, 0.2) is 42.5 Å². The zero-order valence-corrected chi connectivity index (χ0v) is 17.1. The van der Waals surface area contributed by atoms with E-state index >= 15 is 0 Å². The molecule has 0 saturated carbocycles. The van der Waals surface area contributed by atoms with Crippen LogP contribution < -0.4 is 4.90 Å². The van der Waals surface area contributed by atoms with Crippen LogP contribution in [-0.4, -0.2) is 12.1 Å². The van der Waals surface area contributed by atoms with Gasteiger partial charge >= 0.3 is 6.18 Å². The first kappa shape index (κ1) is 21.0. The summed E-state index contributed by atoms with van der Waals surface area (Å²) in [5.41, 5.74) is 3.01. The smallest absolute Gasteiger partial charge is 0.366 e. The van der Waals surface area contributed by atoms with Gasteiger partial charge in [-0.2, -0.15) is 18.4 Å². The molecule has 0 fully saturated rings. The van der Waals surface area contributed by atoms with E-state index in [0.717, 1.165) is 30.7 Å². The van der Waals surface area contributed by atoms with Crippen molar-refractivity contribution in [2.75, 3.05) is 11.4 Å². The summed E-state index contributed by atoms with van der Waals surface area (Å²) in [5, 5.41) is 9.57. The van der Waals surface area contributed by atoms with Crippen LogP contribution in [0, 0.1) is 11.3 Å². The van der Waals surface area contributed by atoms with E-state index < -0.39 is 11.7 Å². The maximum atomic E-state index is 13.0. The summed E-state index contributed by atoms with van der Waals surface area (Å²) in [4.78, 5) is 2.38. The summed E-state index contributed by atoms with van der Waals surface area (Å²) >= 11 is 0. The van der Waals surface area contributed by atoms with Crippen LogP contribution in [0.4, 0.5) is 18.9 Å². The number of anilines is 1. The molecule has 1 unspecified atom stereocenters. The summed E-state index contributed by atoms with van der Waals surface area (Å²) in [6.45, 7) is 9.71. The molecule has 2 nitrogen and oxygen atoms in total. The van der Waals surface area contributed by atoms with Gasteiger partial charge in [0.05, 0.1) is 17.2 Å². The van der Waals surface area contributed by atoms with E-state index in [2.05, 4.69) is 50.8 Å². The molecule has 1 atom stereocenters. The van der Waals surface area contributed by atoms with Gasteiger partial charge in [-0.05, 0) is 80.1 Å². The number of benzene rings is 2. The fraction of sp³-hybridized carbons (Fsp3) is 0.375. The summed E-state index contributed by atoms with van der Waals surface area (Å²) in [6, 6.07) is 13.0. The molecular weight excluding hydrogens is 373 g/mol. The Bertz CT molecular complexity index is 980. The second-order valence-electron chi connectivity index (χ2n) is 8.23. The van der Waals surface area contributed by atoms with Crippen LogP contribution in [0.5, 0.6) is 0 Å². The third-order valence-electron chi connectivity index (χ3n) is 5.66. The van der Waals surface area contributed by atoms with Crippen molar-refractivity contribution >= 4 is 17.3 Å². The van der Waals surface area contributed by atoms with Crippen molar-refractivity contribution in [3.63, 3.8) is 0 Å². The fourth-order valence-corrected chi connectivity index (χ4v) is 4.41. The van der Waals surface area contributed by atoms with Gasteiger partial charge in [0.15, 0.2) is 0 Å². The van der Waals surface area contributed by atoms with Crippen molar-refractivity contribution in [3.05, 3.63) is 64.7 Å². The first-order valence-corrected chi connectivity index (χ1v) is 9.78. The molecular formula is C24H25F3N2. The van der Waals surface area contributed by atoms with E-state index in [1.165, 1.54) is 23.4 Å². The molecule has 1 heterocycles. The maximum Gasteiger partial charge on any atom is 0.416 e. The number of fused-ring (bicyclic) bond motifs is 1. The number of hydrogen-bond donors (Lipinski definition) is 0. The van der Waals surface area contributed by atoms with Gasteiger partial charge in [0.2, 0.25) is 0 Å². The Labute approximate surface area is 170 Å². The Morgan fingerprint density at radius 2 is 1.97 bits per heavy atom. The Hall–Kier alpha value is -2.74. The minimum absolute atomic E-state index is 0.0639. The van der Waals surface area contributed by atoms with Crippen LogP contribution in [0.3, 0.4) is 0 Å². The van der Waals surface area contributed by atoms with Gasteiger partial charge in [0, 0.05) is 17.8 Å². The molecule has 3 rings (SSSR count). The molecule has 29 heavy (non-hydrogen) atoms. The number of nitrogens with zero attached hydrogens (tertiary/aromatic N) is 2. The normalized spacial score (nSPS) is 18.9. The molecule has 0 radical (unpaired) electrons. The van der Waals surface area contributed by atoms with E-state index in [0.29, 0.717) is 5.92 Å². The molecule has 0 aromatic heterocycles. The van der Waals surface area contributed by atoms with Crippen molar-refractivity contribution in [1.82, 2.24) is 0 Å². The van der Waals surface area contributed by atoms with Crippen molar-refractivity contribution in [2.24, 2.45) is 0 Å². The largest absolute Gasteiger partial charge is 0.416 e. The first-order chi connectivity index (χ1) is 13.6. The Balaban J connectivity index is 2.03. The minimum atomic E-state index is -4.44. The average molecular weight is 398 g/mol. The number of halogens is 3. The van der Waals surface area contributed by atoms with Crippen LogP contribution >= 0.6 is 0 Å². The van der Waals surface area contributed by atoms with Crippen molar-refractivity contribution in [3.8, 4) is 6.07 Å². The van der Waals surface area contributed by atoms with Crippen LogP contribution in [0.1, 0.15) is 62.3 Å². The van der Waals surface area contributed by atoms with Crippen molar-refractivity contribution < 1.29 is 13.2 Å². The molecule has 0 aliphatic carbocycles. The predicted molar refractivity (Wildman–Crippen MR) is 112 cm³/mol. The molecule has 2 aromatic rings. The molecule has 0 N–H and O–H groups in total. The van der Waals surface area contributed by atoms with Gasteiger partial charge in [-0.25, -0.2) is 0 Å². The highest BCUT2D eigenvalue weighted by Crippen LogP contribution is 2.43. The van der Waals surface area contributed by atoms with Crippen LogP contribution in [-0.2, 0) is 6.18 Å². The van der Waals surface area contributed by atoms with Gasteiger partial charge in [0.25, 0.3) is 0 Å². The number of alkyl halides is 3. The molecule has 0 saturated heterocycles. The van der Waals surface area contributed by atoms with E-state index in [4.69, 9.17) is 0 Å². The van der Waals surface area contributed by atoms with Crippen LogP contribution in [0.25, 0.3) is 11.6 Å². The molecule has 1 aliphatic rings. The lowest BCUT2D eigenvalue weighted by molar-refractivity contribution is -0.137. The summed E-state index contributed by atoms with van der Waals surface area (Å²) in [5.74, 6) is 0.357. The Morgan fingerprint density at radius 3 is 2.59 bits per heavy atom. The predicted octanol–water partition coefficient (Wildman–Crippen LogP) is 6.88. The SMILES string of the molecule is CCN1c2ccc(/C=C(\C#N)c3cccc(C(F)(F)F)c3)cc2C(C)CC1(C)C. The minimum Gasteiger partial charge on any atom is -0.366 e. The average Bonchev–Trinajstić information content (AvgIpc) is 2.65. The van der Waals surface area contributed by atoms with Gasteiger partial charge in [0.1, 0.15) is 0 Å². The molecule has 0 spiro atoms. The molecule has 1 aliphatic heterocycles. The molecule has 0 bridgehead atoms. The topological polar surface area (TPSA) is 27.0 Å². The zero-order chi connectivity index (χ0) is 21.4. The van der Waals surface area contributed by atoms with Crippen molar-refractivity contribution in [1.29, 1.82) is 5.26 Å². The summed E-state index contributed by atoms with van der Waals surface area (Å²) in [7, 11) is 0. The molecule has 2 aromatic carbocycles. The Kier molecular flexibility index (Phi) is 5.49. The van der Waals surface area contributed by atoms with Gasteiger partial charge < -0.3 is 4.90 Å². The van der Waals surface area contributed by atoms with E-state index in [9.17, 15) is 18.4 Å². The quantitative estimate of drug-likeness (QED) is 0.416. The standard InChI is InChI=1S/C24H25F3N2/c1-5-29-22-10-9-17(12-21(22)16(2)14-23(29,3)4)11-19(15-28)18-7-6-8-20(13-18)24(25,26)27/h6-13,16H,5,14H2,1-4H3/b19-11+. The molecule has 0 amide bonds. The van der Waals surface area contributed by atoms with E-state index in [1.54, 1.807) is 6.08 Å². The lowest BCUT2D eigenvalue weighted by atomic mass is 9.79. The van der Waals surface area contributed by atoms with Gasteiger partial charge in [-0.3, -0.25) is 0 Å². The lowest BCUT2D eigenvalue weighted by Crippen LogP contribution is -2.48. The Morgan fingerprint density at radius 1 is 1.24 bits per heavy atom. The highest BCUT2D eigenvalue weighted by Gasteiger charge is 2.35. The van der Waals surface area contributed by atoms with Crippen LogP contribution in [0.2, 0.25) is 0 Å². The molecule has 5 heteroatoms. The maximum absolute atomic E-state index is 13.0. The second-order valence-corrected chi connectivity index (χ2v) is 8.23. The summed E-state index contributed by atoms with van der Waals surface area (Å²) in [6.07, 6.45) is -1.76. The molecule has 152 valence electrons. The number of nitriles is 1. The lowest BCUT2D eigenvalue weighted by Gasteiger charge is -2.47. The number of rotatable bonds is 3. The van der Waals surface area contributed by atoms with Gasteiger partial charge in [-0.15, -0.1) is 0 Å². The van der Waals surface area contributed by atoms with Gasteiger partial charge in [-0.1, -0.05) is 25.1 Å². The number of hydrogen-bond acceptors (Lipinski definition) is 2. The highest BCUT2D eigenvalue weighted by molar-refractivity contribution is 5.90. The monoisotopic (exact) mass is 398 g/mol.